The molecular formula is C13H15F2NO2. The highest BCUT2D eigenvalue weighted by Crippen LogP contribution is 2.16. The van der Waals surface area contributed by atoms with Gasteiger partial charge < -0.3 is 10.1 Å². The normalized spacial score (nSPS) is 16.6. The van der Waals surface area contributed by atoms with Crippen molar-refractivity contribution in [3.63, 3.8) is 0 Å². The van der Waals surface area contributed by atoms with E-state index in [0.717, 1.165) is 12.1 Å². The van der Waals surface area contributed by atoms with E-state index < -0.39 is 17.5 Å². The van der Waals surface area contributed by atoms with Gasteiger partial charge in [0, 0.05) is 25.3 Å². The summed E-state index contributed by atoms with van der Waals surface area (Å²) in [5.41, 5.74) is 0.222. The van der Waals surface area contributed by atoms with Crippen LogP contribution in [-0.2, 0) is 4.74 Å². The first kappa shape index (κ1) is 13.0. The molecule has 0 aromatic heterocycles. The molecule has 1 aromatic carbocycles. The van der Waals surface area contributed by atoms with Crippen LogP contribution in [0.4, 0.5) is 8.78 Å². The molecule has 0 spiro atoms. The van der Waals surface area contributed by atoms with Gasteiger partial charge in [-0.3, -0.25) is 4.79 Å². The number of rotatable bonds is 2. The topological polar surface area (TPSA) is 38.3 Å². The van der Waals surface area contributed by atoms with Crippen molar-refractivity contribution in [2.24, 2.45) is 0 Å². The Morgan fingerprint density at radius 1 is 1.33 bits per heavy atom. The van der Waals surface area contributed by atoms with Crippen molar-refractivity contribution >= 4 is 5.91 Å². The summed E-state index contributed by atoms with van der Waals surface area (Å²) >= 11 is 0. The van der Waals surface area contributed by atoms with Gasteiger partial charge in [0.1, 0.15) is 11.6 Å². The fraction of sp³-hybridized carbons (Fsp3) is 0.462. The molecule has 0 aliphatic carbocycles. The molecule has 2 rings (SSSR count). The van der Waals surface area contributed by atoms with Gasteiger partial charge in [0.2, 0.25) is 0 Å². The second-order valence-electron chi connectivity index (χ2n) is 4.44. The molecule has 0 saturated carbocycles. The van der Waals surface area contributed by atoms with E-state index in [-0.39, 0.29) is 11.6 Å². The van der Waals surface area contributed by atoms with Gasteiger partial charge >= 0.3 is 0 Å². The number of amides is 1. The number of hydrogen-bond acceptors (Lipinski definition) is 2. The van der Waals surface area contributed by atoms with E-state index in [1.54, 1.807) is 0 Å². The average Bonchev–Trinajstić information content (AvgIpc) is 2.28. The van der Waals surface area contributed by atoms with Crippen LogP contribution in [0, 0.1) is 18.6 Å². The maximum atomic E-state index is 13.6. The van der Waals surface area contributed by atoms with Crippen molar-refractivity contribution in [1.82, 2.24) is 5.32 Å². The molecule has 3 nitrogen and oxygen atoms in total. The monoisotopic (exact) mass is 255 g/mol. The minimum atomic E-state index is -0.822. The first-order chi connectivity index (χ1) is 8.58. The first-order valence-electron chi connectivity index (χ1n) is 5.92. The maximum absolute atomic E-state index is 13.6. The molecule has 1 aromatic rings. The van der Waals surface area contributed by atoms with Crippen LogP contribution >= 0.6 is 0 Å². The van der Waals surface area contributed by atoms with Gasteiger partial charge in [0.15, 0.2) is 0 Å². The first-order valence-corrected chi connectivity index (χ1v) is 5.92. The number of ether oxygens (including phenoxy) is 1. The Kier molecular flexibility index (Phi) is 3.91. The summed E-state index contributed by atoms with van der Waals surface area (Å²) < 4.78 is 31.7. The van der Waals surface area contributed by atoms with E-state index in [4.69, 9.17) is 4.74 Å². The number of aryl methyl sites for hydroxylation is 1. The minimum Gasteiger partial charge on any atom is -0.381 e. The lowest BCUT2D eigenvalue weighted by atomic mass is 10.0. The van der Waals surface area contributed by atoms with Crippen molar-refractivity contribution in [2.75, 3.05) is 13.2 Å². The van der Waals surface area contributed by atoms with Crippen molar-refractivity contribution in [3.8, 4) is 0 Å². The molecule has 98 valence electrons. The highest BCUT2D eigenvalue weighted by Gasteiger charge is 2.21. The highest BCUT2D eigenvalue weighted by molar-refractivity contribution is 5.96. The van der Waals surface area contributed by atoms with Gasteiger partial charge in [-0.25, -0.2) is 8.78 Å². The van der Waals surface area contributed by atoms with Crippen LogP contribution in [-0.4, -0.2) is 25.2 Å². The number of hydrogen-bond donors (Lipinski definition) is 1. The lowest BCUT2D eigenvalue weighted by molar-refractivity contribution is 0.0694. The van der Waals surface area contributed by atoms with E-state index >= 15 is 0 Å². The quantitative estimate of drug-likeness (QED) is 0.879. The Bertz CT molecular complexity index is 433. The number of carbonyl (C=O) groups excluding carboxylic acids is 1. The van der Waals surface area contributed by atoms with Gasteiger partial charge in [0.05, 0.1) is 5.56 Å². The third kappa shape index (κ3) is 2.85. The standard InChI is InChI=1S/C13H15F2NO2/c1-8-6-9(14)7-11(15)12(8)13(17)16-10-2-4-18-5-3-10/h6-7,10H,2-5H2,1H3,(H,16,17). The van der Waals surface area contributed by atoms with Crippen molar-refractivity contribution < 1.29 is 18.3 Å². The largest absolute Gasteiger partial charge is 0.381 e. The molecule has 1 amide bonds. The predicted molar refractivity (Wildman–Crippen MR) is 62.4 cm³/mol. The molecule has 0 bridgehead atoms. The molecule has 1 heterocycles. The van der Waals surface area contributed by atoms with Crippen molar-refractivity contribution in [1.29, 1.82) is 0 Å². The Labute approximate surface area is 104 Å². The van der Waals surface area contributed by atoms with Crippen molar-refractivity contribution in [3.05, 3.63) is 34.9 Å². The SMILES string of the molecule is Cc1cc(F)cc(F)c1C(=O)NC1CCOCC1. The molecule has 1 aliphatic heterocycles. The summed E-state index contributed by atoms with van der Waals surface area (Å²) in [6.45, 7) is 2.71. The van der Waals surface area contributed by atoms with Gasteiger partial charge in [-0.05, 0) is 31.4 Å². The summed E-state index contributed by atoms with van der Waals surface area (Å²) in [7, 11) is 0. The third-order valence-corrected chi connectivity index (χ3v) is 3.04. The minimum absolute atomic E-state index is 0.00453. The van der Waals surface area contributed by atoms with Gasteiger partial charge in [-0.1, -0.05) is 0 Å². The zero-order valence-electron chi connectivity index (χ0n) is 10.1. The van der Waals surface area contributed by atoms with Crippen LogP contribution in [0.1, 0.15) is 28.8 Å². The van der Waals surface area contributed by atoms with E-state index in [1.807, 2.05) is 0 Å². The van der Waals surface area contributed by atoms with Gasteiger partial charge in [-0.2, -0.15) is 0 Å². The smallest absolute Gasteiger partial charge is 0.254 e. The van der Waals surface area contributed by atoms with Crippen LogP contribution < -0.4 is 5.32 Å². The molecule has 1 saturated heterocycles. The van der Waals surface area contributed by atoms with Crippen LogP contribution in [0.25, 0.3) is 0 Å². The van der Waals surface area contributed by atoms with Crippen LogP contribution in [0.5, 0.6) is 0 Å². The molecule has 0 unspecified atom stereocenters. The van der Waals surface area contributed by atoms with Crippen LogP contribution in [0.15, 0.2) is 12.1 Å². The molecule has 1 aliphatic rings. The summed E-state index contributed by atoms with van der Waals surface area (Å²) in [6, 6.07) is 1.88. The second-order valence-corrected chi connectivity index (χ2v) is 4.44. The molecule has 18 heavy (non-hydrogen) atoms. The molecule has 5 heteroatoms. The Morgan fingerprint density at radius 2 is 2.00 bits per heavy atom. The van der Waals surface area contributed by atoms with Crippen molar-refractivity contribution in [2.45, 2.75) is 25.8 Å². The lowest BCUT2D eigenvalue weighted by Gasteiger charge is -2.23. The summed E-state index contributed by atoms with van der Waals surface area (Å²) in [5, 5.41) is 2.75. The van der Waals surface area contributed by atoms with E-state index in [2.05, 4.69) is 5.32 Å². The third-order valence-electron chi connectivity index (χ3n) is 3.04. The fourth-order valence-electron chi connectivity index (χ4n) is 2.09. The summed E-state index contributed by atoms with van der Waals surface area (Å²) in [6.07, 6.45) is 1.43. The summed E-state index contributed by atoms with van der Waals surface area (Å²) in [4.78, 5) is 12.0. The number of benzene rings is 1. The Morgan fingerprint density at radius 3 is 2.61 bits per heavy atom. The number of halogens is 2. The van der Waals surface area contributed by atoms with E-state index in [0.29, 0.717) is 31.6 Å². The molecular weight excluding hydrogens is 240 g/mol. The number of carbonyl (C=O) groups is 1. The predicted octanol–water partition coefficient (Wildman–Crippen LogP) is 2.18. The van der Waals surface area contributed by atoms with Crippen LogP contribution in [0.3, 0.4) is 0 Å². The summed E-state index contributed by atoms with van der Waals surface area (Å²) in [5.74, 6) is -1.98. The van der Waals surface area contributed by atoms with E-state index in [9.17, 15) is 13.6 Å². The second kappa shape index (κ2) is 5.44. The fourth-order valence-corrected chi connectivity index (χ4v) is 2.09. The highest BCUT2D eigenvalue weighted by atomic mass is 19.1. The molecule has 1 fully saturated rings. The van der Waals surface area contributed by atoms with Crippen LogP contribution in [0.2, 0.25) is 0 Å². The molecule has 0 atom stereocenters. The zero-order chi connectivity index (χ0) is 13.1. The molecule has 1 N–H and O–H groups in total. The zero-order valence-corrected chi connectivity index (χ0v) is 10.1. The average molecular weight is 255 g/mol. The maximum Gasteiger partial charge on any atom is 0.254 e. The molecule has 0 radical (unpaired) electrons. The lowest BCUT2D eigenvalue weighted by Crippen LogP contribution is -2.39. The number of nitrogens with one attached hydrogen (secondary N) is 1. The Balaban J connectivity index is 2.13. The van der Waals surface area contributed by atoms with Gasteiger partial charge in [0.25, 0.3) is 5.91 Å². The van der Waals surface area contributed by atoms with E-state index in [1.165, 1.54) is 6.92 Å². The Hall–Kier alpha value is -1.49. The van der Waals surface area contributed by atoms with Gasteiger partial charge in [-0.15, -0.1) is 0 Å².